The van der Waals surface area contributed by atoms with Crippen LogP contribution in [0.3, 0.4) is 0 Å². The monoisotopic (exact) mass is 406 g/mol. The van der Waals surface area contributed by atoms with Gasteiger partial charge >= 0.3 is 0 Å². The van der Waals surface area contributed by atoms with Crippen LogP contribution in [0.5, 0.6) is 5.75 Å². The molecule has 1 aliphatic heterocycles. The summed E-state index contributed by atoms with van der Waals surface area (Å²) in [6.45, 7) is 5.96. The van der Waals surface area contributed by atoms with Crippen molar-refractivity contribution in [2.45, 2.75) is 13.0 Å². The van der Waals surface area contributed by atoms with E-state index in [2.05, 4.69) is 50.4 Å². The fraction of sp³-hybridized carbons (Fsp3) is 0.375. The number of ether oxygens (including phenoxy) is 1. The summed E-state index contributed by atoms with van der Waals surface area (Å²) in [6, 6.07) is 16.6. The Morgan fingerprint density at radius 1 is 1.07 bits per heavy atom. The molecule has 4 rings (SSSR count). The van der Waals surface area contributed by atoms with Crippen molar-refractivity contribution in [2.75, 3.05) is 46.4 Å². The molecular weight excluding hydrogens is 376 g/mol. The Kier molecular flexibility index (Phi) is 6.67. The molecule has 3 aromatic rings. The third kappa shape index (κ3) is 5.20. The predicted molar refractivity (Wildman–Crippen MR) is 120 cm³/mol. The number of benzene rings is 2. The molecule has 0 atom stereocenters. The summed E-state index contributed by atoms with van der Waals surface area (Å²) in [6.07, 6.45) is 2.81. The smallest absolute Gasteiger partial charge is 0.234 e. The molecular formula is C24H30N4O2. The molecule has 0 spiro atoms. The molecule has 0 radical (unpaired) electrons. The first-order valence-corrected chi connectivity index (χ1v) is 10.6. The number of amides is 1. The molecule has 0 bridgehead atoms. The molecule has 1 fully saturated rings. The minimum absolute atomic E-state index is 0.101. The van der Waals surface area contributed by atoms with Crippen LogP contribution in [0.1, 0.15) is 11.1 Å². The highest BCUT2D eigenvalue weighted by atomic mass is 16.5. The molecule has 1 aliphatic rings. The molecule has 2 heterocycles. The number of fused-ring (bicyclic) bond motifs is 1. The number of methoxy groups -OCH3 is 1. The van der Waals surface area contributed by atoms with Crippen molar-refractivity contribution in [3.63, 3.8) is 0 Å². The van der Waals surface area contributed by atoms with Gasteiger partial charge in [-0.15, -0.1) is 0 Å². The van der Waals surface area contributed by atoms with Gasteiger partial charge in [0.1, 0.15) is 5.75 Å². The van der Waals surface area contributed by atoms with Crippen LogP contribution in [0.15, 0.2) is 54.7 Å². The van der Waals surface area contributed by atoms with Crippen molar-refractivity contribution in [1.29, 1.82) is 0 Å². The van der Waals surface area contributed by atoms with E-state index in [-0.39, 0.29) is 5.91 Å². The van der Waals surface area contributed by atoms with Crippen molar-refractivity contribution in [3.05, 3.63) is 65.9 Å². The van der Waals surface area contributed by atoms with Crippen molar-refractivity contribution in [3.8, 4) is 5.75 Å². The van der Waals surface area contributed by atoms with E-state index in [9.17, 15) is 4.79 Å². The third-order valence-electron chi connectivity index (χ3n) is 5.77. The number of hydrogen-bond acceptors (Lipinski definition) is 4. The van der Waals surface area contributed by atoms with E-state index >= 15 is 0 Å². The van der Waals surface area contributed by atoms with Crippen LogP contribution in [-0.4, -0.2) is 67.1 Å². The van der Waals surface area contributed by atoms with Gasteiger partial charge in [-0.05, 0) is 35.7 Å². The largest absolute Gasteiger partial charge is 0.497 e. The van der Waals surface area contributed by atoms with Gasteiger partial charge in [-0.2, -0.15) is 0 Å². The number of rotatable bonds is 8. The molecule has 0 unspecified atom stereocenters. The van der Waals surface area contributed by atoms with E-state index in [1.165, 1.54) is 11.1 Å². The molecule has 6 nitrogen and oxygen atoms in total. The van der Waals surface area contributed by atoms with Gasteiger partial charge < -0.3 is 15.0 Å². The number of carbonyl (C=O) groups is 1. The first-order valence-electron chi connectivity index (χ1n) is 10.6. The van der Waals surface area contributed by atoms with Gasteiger partial charge in [0.05, 0.1) is 13.7 Å². The molecule has 30 heavy (non-hydrogen) atoms. The van der Waals surface area contributed by atoms with Crippen LogP contribution in [0.25, 0.3) is 10.9 Å². The molecule has 2 N–H and O–H groups in total. The van der Waals surface area contributed by atoms with E-state index in [1.807, 2.05) is 24.4 Å². The highest BCUT2D eigenvalue weighted by Crippen LogP contribution is 2.23. The summed E-state index contributed by atoms with van der Waals surface area (Å²) in [5, 5.41) is 4.22. The molecule has 158 valence electrons. The zero-order chi connectivity index (χ0) is 20.8. The SMILES string of the molecule is COc1ccc2[nH]cc(CCNC(=O)CN3CCN(Cc4ccccc4)CC3)c2c1. The maximum atomic E-state index is 12.4. The number of nitrogens with one attached hydrogen (secondary N) is 2. The average molecular weight is 407 g/mol. The first kappa shape index (κ1) is 20.4. The lowest BCUT2D eigenvalue weighted by Gasteiger charge is -2.34. The summed E-state index contributed by atoms with van der Waals surface area (Å²) in [7, 11) is 1.68. The fourth-order valence-electron chi connectivity index (χ4n) is 4.03. The molecule has 0 saturated carbocycles. The predicted octanol–water partition coefficient (Wildman–Crippen LogP) is 2.65. The second-order valence-electron chi connectivity index (χ2n) is 7.86. The Morgan fingerprint density at radius 2 is 1.83 bits per heavy atom. The quantitative estimate of drug-likeness (QED) is 0.604. The lowest BCUT2D eigenvalue weighted by atomic mass is 10.1. The average Bonchev–Trinajstić information content (AvgIpc) is 3.18. The normalized spacial score (nSPS) is 15.4. The lowest BCUT2D eigenvalue weighted by molar-refractivity contribution is -0.122. The lowest BCUT2D eigenvalue weighted by Crippen LogP contribution is -2.49. The number of aromatic amines is 1. The molecule has 0 aliphatic carbocycles. The summed E-state index contributed by atoms with van der Waals surface area (Å²) in [5.74, 6) is 0.947. The van der Waals surface area contributed by atoms with Gasteiger partial charge in [-0.1, -0.05) is 30.3 Å². The second kappa shape index (κ2) is 9.78. The van der Waals surface area contributed by atoms with Crippen molar-refractivity contribution >= 4 is 16.8 Å². The third-order valence-corrected chi connectivity index (χ3v) is 5.77. The minimum atomic E-state index is 0.101. The zero-order valence-electron chi connectivity index (χ0n) is 17.6. The Bertz CT molecular complexity index is 962. The second-order valence-corrected chi connectivity index (χ2v) is 7.86. The topological polar surface area (TPSA) is 60.6 Å². The summed E-state index contributed by atoms with van der Waals surface area (Å²) >= 11 is 0. The number of piperazine rings is 1. The highest BCUT2D eigenvalue weighted by molar-refractivity contribution is 5.84. The van der Waals surface area contributed by atoms with Gasteiger partial charge in [0.25, 0.3) is 0 Å². The van der Waals surface area contributed by atoms with Gasteiger partial charge in [0, 0.05) is 56.4 Å². The van der Waals surface area contributed by atoms with Crippen LogP contribution in [0.4, 0.5) is 0 Å². The summed E-state index contributed by atoms with van der Waals surface area (Å²) in [5.41, 5.74) is 3.63. The van der Waals surface area contributed by atoms with Crippen molar-refractivity contribution in [2.24, 2.45) is 0 Å². The Labute approximate surface area is 177 Å². The van der Waals surface area contributed by atoms with E-state index in [0.717, 1.165) is 55.8 Å². The van der Waals surface area contributed by atoms with Crippen LogP contribution in [0.2, 0.25) is 0 Å². The van der Waals surface area contributed by atoms with Crippen molar-refractivity contribution in [1.82, 2.24) is 20.1 Å². The van der Waals surface area contributed by atoms with Gasteiger partial charge in [0.15, 0.2) is 0 Å². The van der Waals surface area contributed by atoms with Crippen LogP contribution in [-0.2, 0) is 17.8 Å². The number of hydrogen-bond donors (Lipinski definition) is 2. The molecule has 1 aromatic heterocycles. The molecule has 1 amide bonds. The fourth-order valence-corrected chi connectivity index (χ4v) is 4.03. The maximum absolute atomic E-state index is 12.4. The first-order chi connectivity index (χ1) is 14.7. The van der Waals surface area contributed by atoms with E-state index < -0.39 is 0 Å². The van der Waals surface area contributed by atoms with Gasteiger partial charge in [0.2, 0.25) is 5.91 Å². The highest BCUT2D eigenvalue weighted by Gasteiger charge is 2.19. The maximum Gasteiger partial charge on any atom is 0.234 e. The van der Waals surface area contributed by atoms with Crippen LogP contribution in [0, 0.1) is 0 Å². The van der Waals surface area contributed by atoms with Crippen LogP contribution < -0.4 is 10.1 Å². The summed E-state index contributed by atoms with van der Waals surface area (Å²) in [4.78, 5) is 20.4. The van der Waals surface area contributed by atoms with Crippen LogP contribution >= 0.6 is 0 Å². The Hall–Kier alpha value is -2.83. The zero-order valence-corrected chi connectivity index (χ0v) is 17.6. The molecule has 1 saturated heterocycles. The standard InChI is InChI=1S/C24H30N4O2/c1-30-21-7-8-23-22(15-21)20(16-26-23)9-10-25-24(29)18-28-13-11-27(12-14-28)17-19-5-3-2-4-6-19/h2-8,15-16,26H,9-14,17-18H2,1H3,(H,25,29). The number of carbonyl (C=O) groups excluding carboxylic acids is 1. The van der Waals surface area contributed by atoms with E-state index in [1.54, 1.807) is 7.11 Å². The number of aromatic nitrogens is 1. The molecule has 2 aromatic carbocycles. The number of nitrogens with zero attached hydrogens (tertiary/aromatic N) is 2. The minimum Gasteiger partial charge on any atom is -0.497 e. The van der Waals surface area contributed by atoms with Crippen molar-refractivity contribution < 1.29 is 9.53 Å². The summed E-state index contributed by atoms with van der Waals surface area (Å²) < 4.78 is 5.32. The van der Waals surface area contributed by atoms with E-state index in [4.69, 9.17) is 4.74 Å². The van der Waals surface area contributed by atoms with E-state index in [0.29, 0.717) is 13.1 Å². The Balaban J connectivity index is 1.19. The van der Waals surface area contributed by atoms with Gasteiger partial charge in [-0.25, -0.2) is 0 Å². The van der Waals surface area contributed by atoms with Gasteiger partial charge in [-0.3, -0.25) is 14.6 Å². The Morgan fingerprint density at radius 3 is 2.60 bits per heavy atom. The number of H-pyrrole nitrogens is 1. The molecule has 6 heteroatoms.